The number of hydrogen-bond donors (Lipinski definition) is 1. The van der Waals surface area contributed by atoms with Crippen LogP contribution in [0.4, 0.5) is 5.69 Å². The molecule has 1 heterocycles. The van der Waals surface area contributed by atoms with E-state index in [-0.39, 0.29) is 33.3 Å². The minimum Gasteiger partial charge on any atom is -0.871 e. The first-order valence-electron chi connectivity index (χ1n) is 9.37. The summed E-state index contributed by atoms with van der Waals surface area (Å²) < 4.78 is 4.94. The van der Waals surface area contributed by atoms with Crippen LogP contribution in [0.5, 0.6) is 5.75 Å². The van der Waals surface area contributed by atoms with Gasteiger partial charge in [-0.2, -0.15) is 0 Å². The van der Waals surface area contributed by atoms with E-state index in [1.165, 1.54) is 12.1 Å². The number of nitro benzene ring substituents is 1. The van der Waals surface area contributed by atoms with Crippen LogP contribution in [0.3, 0.4) is 0 Å². The van der Waals surface area contributed by atoms with Crippen molar-refractivity contribution in [2.75, 3.05) is 6.61 Å². The summed E-state index contributed by atoms with van der Waals surface area (Å²) >= 11 is 0.791. The van der Waals surface area contributed by atoms with Gasteiger partial charge in [0.05, 0.1) is 17.1 Å². The van der Waals surface area contributed by atoms with E-state index in [9.17, 15) is 29.9 Å². The molecular formula is C22H17N2O7S-. The summed E-state index contributed by atoms with van der Waals surface area (Å²) in [6, 6.07) is 10.2. The highest BCUT2D eigenvalue weighted by molar-refractivity contribution is 8.18. The van der Waals surface area contributed by atoms with Gasteiger partial charge in [0.25, 0.3) is 5.91 Å². The van der Waals surface area contributed by atoms with Crippen LogP contribution >= 0.6 is 11.8 Å². The molecule has 1 aliphatic heterocycles. The highest BCUT2D eigenvalue weighted by Crippen LogP contribution is 2.38. The Balaban J connectivity index is 2.03. The zero-order chi connectivity index (χ0) is 23.4. The highest BCUT2D eigenvalue weighted by Gasteiger charge is 2.29. The average Bonchev–Trinajstić information content (AvgIpc) is 3.04. The van der Waals surface area contributed by atoms with Crippen LogP contribution in [0.1, 0.15) is 28.4 Å². The molecule has 3 rings (SSSR count). The fourth-order valence-corrected chi connectivity index (χ4v) is 3.76. The van der Waals surface area contributed by atoms with Crippen LogP contribution in [0.15, 0.2) is 63.7 Å². The Bertz CT molecular complexity index is 1200. The lowest BCUT2D eigenvalue weighted by Gasteiger charge is -2.10. The van der Waals surface area contributed by atoms with E-state index < -0.39 is 34.0 Å². The van der Waals surface area contributed by atoms with Crippen molar-refractivity contribution < 1.29 is 29.5 Å². The van der Waals surface area contributed by atoms with Crippen LogP contribution in [-0.2, 0) is 9.53 Å². The topological polar surface area (TPSA) is 142 Å². The van der Waals surface area contributed by atoms with Gasteiger partial charge < -0.3 is 14.9 Å². The number of carbonyl (C=O) groups is 2. The second kappa shape index (κ2) is 9.48. The van der Waals surface area contributed by atoms with Crippen molar-refractivity contribution in [2.45, 2.75) is 13.8 Å². The van der Waals surface area contributed by atoms with E-state index in [2.05, 4.69) is 4.99 Å². The first-order valence-corrected chi connectivity index (χ1v) is 10.2. The van der Waals surface area contributed by atoms with Gasteiger partial charge >= 0.3 is 11.7 Å². The van der Waals surface area contributed by atoms with Gasteiger partial charge in [0, 0.05) is 16.5 Å². The Morgan fingerprint density at radius 1 is 1.22 bits per heavy atom. The minimum atomic E-state index is -0.916. The van der Waals surface area contributed by atoms with Gasteiger partial charge in [0.2, 0.25) is 0 Å². The van der Waals surface area contributed by atoms with Gasteiger partial charge in [-0.3, -0.25) is 14.9 Å². The van der Waals surface area contributed by atoms with Crippen LogP contribution in [-0.4, -0.2) is 33.6 Å². The number of ether oxygens (including phenoxy) is 1. The molecule has 2 aromatic rings. The standard InChI is InChI=1S/C22H18N2O7S/c1-3-31-22(28)18-19(26)17(11-13-6-9-16(25)15(10-13)24(29)30)32-21(18)23-20(27)14-7-4-12(2)5-8-14/h4-11,25-26H,3H2,1-2H3/p-1/b17-11-,23-21?. The Kier molecular flexibility index (Phi) is 6.74. The predicted molar refractivity (Wildman–Crippen MR) is 117 cm³/mol. The van der Waals surface area contributed by atoms with E-state index in [0.717, 1.165) is 29.5 Å². The average molecular weight is 453 g/mol. The van der Waals surface area contributed by atoms with Crippen molar-refractivity contribution in [1.82, 2.24) is 0 Å². The summed E-state index contributed by atoms with van der Waals surface area (Å²) in [5.41, 5.74) is 0.571. The summed E-state index contributed by atoms with van der Waals surface area (Å²) in [5.74, 6) is -2.78. The second-order valence-electron chi connectivity index (χ2n) is 6.63. The zero-order valence-electron chi connectivity index (χ0n) is 17.0. The number of rotatable bonds is 5. The summed E-state index contributed by atoms with van der Waals surface area (Å²) in [4.78, 5) is 39.2. The number of amides is 1. The fourth-order valence-electron chi connectivity index (χ4n) is 2.76. The van der Waals surface area contributed by atoms with Crippen LogP contribution in [0.2, 0.25) is 0 Å². The molecule has 0 fully saturated rings. The summed E-state index contributed by atoms with van der Waals surface area (Å²) in [5, 5.41) is 33.4. The monoisotopic (exact) mass is 453 g/mol. The second-order valence-corrected chi connectivity index (χ2v) is 7.66. The first kappa shape index (κ1) is 22.8. The quantitative estimate of drug-likeness (QED) is 0.413. The first-order chi connectivity index (χ1) is 15.2. The van der Waals surface area contributed by atoms with Crippen molar-refractivity contribution in [3.63, 3.8) is 0 Å². The Morgan fingerprint density at radius 3 is 2.53 bits per heavy atom. The van der Waals surface area contributed by atoms with Crippen LogP contribution < -0.4 is 5.11 Å². The smallest absolute Gasteiger partial charge is 0.340 e. The van der Waals surface area contributed by atoms with Crippen molar-refractivity contribution >= 4 is 40.4 Å². The molecule has 0 radical (unpaired) electrons. The number of aromatic hydroxyl groups is 1. The van der Waals surface area contributed by atoms with Crippen molar-refractivity contribution in [3.05, 3.63) is 85.5 Å². The van der Waals surface area contributed by atoms with E-state index in [1.807, 2.05) is 6.92 Å². The van der Waals surface area contributed by atoms with Crippen molar-refractivity contribution in [1.29, 1.82) is 0 Å². The summed E-state index contributed by atoms with van der Waals surface area (Å²) in [6.45, 7) is 3.46. The van der Waals surface area contributed by atoms with Crippen molar-refractivity contribution in [2.24, 2.45) is 4.99 Å². The third-order valence-electron chi connectivity index (χ3n) is 4.35. The van der Waals surface area contributed by atoms with Gasteiger partial charge in [-0.25, -0.2) is 9.79 Å². The molecule has 2 aromatic carbocycles. The number of hydrogen-bond acceptors (Lipinski definition) is 8. The number of thioether (sulfide) groups is 1. The summed E-state index contributed by atoms with van der Waals surface area (Å²) in [6.07, 6.45) is 1.32. The minimum absolute atomic E-state index is 0.0165. The number of esters is 1. The van der Waals surface area contributed by atoms with E-state index in [1.54, 1.807) is 31.2 Å². The van der Waals surface area contributed by atoms with Gasteiger partial charge in [-0.05, 0) is 43.7 Å². The zero-order valence-corrected chi connectivity index (χ0v) is 17.8. The SMILES string of the molecule is CCOC(=O)C1=C([O-])/C(=C/c2ccc(O)c([N+](=O)[O-])c2)SC1=NC(=O)c1ccc(C)cc1. The molecule has 9 nitrogen and oxygen atoms in total. The molecule has 0 unspecified atom stereocenters. The summed E-state index contributed by atoms with van der Waals surface area (Å²) in [7, 11) is 0. The maximum absolute atomic E-state index is 12.9. The number of benzene rings is 2. The van der Waals surface area contributed by atoms with Crippen LogP contribution in [0.25, 0.3) is 6.08 Å². The largest absolute Gasteiger partial charge is 0.871 e. The lowest BCUT2D eigenvalue weighted by molar-refractivity contribution is -0.385. The molecule has 1 amide bonds. The molecule has 0 spiro atoms. The predicted octanol–water partition coefficient (Wildman–Crippen LogP) is 3.11. The van der Waals surface area contributed by atoms with Gasteiger partial charge in [0.15, 0.2) is 5.75 Å². The maximum Gasteiger partial charge on any atom is 0.340 e. The molecule has 0 saturated carbocycles. The lowest BCUT2D eigenvalue weighted by atomic mass is 10.1. The van der Waals surface area contributed by atoms with Gasteiger partial charge in [-0.15, -0.1) is 0 Å². The molecule has 0 saturated heterocycles. The molecule has 0 aromatic heterocycles. The van der Waals surface area contributed by atoms with Gasteiger partial charge in [0.1, 0.15) is 5.04 Å². The number of aliphatic imine (C=N–C) groups is 1. The molecule has 10 heteroatoms. The fraction of sp³-hybridized carbons (Fsp3) is 0.136. The third kappa shape index (κ3) is 4.86. The molecule has 1 N–H and O–H groups in total. The molecular weight excluding hydrogens is 436 g/mol. The highest BCUT2D eigenvalue weighted by atomic mass is 32.2. The Labute approximate surface area is 186 Å². The van der Waals surface area contributed by atoms with E-state index >= 15 is 0 Å². The molecule has 1 aliphatic rings. The van der Waals surface area contributed by atoms with Crippen molar-refractivity contribution in [3.8, 4) is 5.75 Å². The van der Waals surface area contributed by atoms with Gasteiger partial charge in [-0.1, -0.05) is 41.3 Å². The molecule has 32 heavy (non-hydrogen) atoms. The van der Waals surface area contributed by atoms with Crippen LogP contribution in [0, 0.1) is 17.0 Å². The number of aryl methyl sites for hydroxylation is 1. The Hall–Kier alpha value is -3.92. The number of nitro groups is 1. The third-order valence-corrected chi connectivity index (χ3v) is 5.36. The maximum atomic E-state index is 12.9. The van der Waals surface area contributed by atoms with E-state index in [4.69, 9.17) is 4.74 Å². The number of phenols is 1. The normalized spacial score (nSPS) is 15.9. The number of nitrogens with zero attached hydrogens (tertiary/aromatic N) is 2. The number of phenolic OH excluding ortho intramolecular Hbond substituents is 1. The molecule has 0 atom stereocenters. The molecule has 0 aliphatic carbocycles. The lowest BCUT2D eigenvalue weighted by Crippen LogP contribution is -2.17. The van der Waals surface area contributed by atoms with E-state index in [0.29, 0.717) is 0 Å². The number of carbonyl (C=O) groups excluding carboxylic acids is 2. The Morgan fingerprint density at radius 2 is 1.91 bits per heavy atom. The molecule has 0 bridgehead atoms. The molecule has 164 valence electrons.